The van der Waals surface area contributed by atoms with Gasteiger partial charge in [0.1, 0.15) is 24.2 Å². The Labute approximate surface area is 244 Å². The molecule has 2 aromatic rings. The summed E-state index contributed by atoms with van der Waals surface area (Å²) in [5, 5.41) is 29.6. The van der Waals surface area contributed by atoms with Gasteiger partial charge in [-0.15, -0.1) is 0 Å². The first-order valence-corrected chi connectivity index (χ1v) is 14.0. The minimum Gasteiger partial charge on any atom is -0.481 e. The summed E-state index contributed by atoms with van der Waals surface area (Å²) in [7, 11) is 0. The number of amides is 4. The number of fused-ring (bicyclic) bond motifs is 1. The van der Waals surface area contributed by atoms with Crippen molar-refractivity contribution in [3.8, 4) is 0 Å². The summed E-state index contributed by atoms with van der Waals surface area (Å²) < 4.78 is 0. The normalized spacial score (nSPS) is 15.4. The van der Waals surface area contributed by atoms with E-state index in [4.69, 9.17) is 5.11 Å². The minimum absolute atomic E-state index is 0.0520. The van der Waals surface area contributed by atoms with Crippen LogP contribution in [0.5, 0.6) is 0 Å². The highest BCUT2D eigenvalue weighted by atomic mass is 16.4. The van der Waals surface area contributed by atoms with Gasteiger partial charge in [0.25, 0.3) is 0 Å². The van der Waals surface area contributed by atoms with Crippen LogP contribution in [-0.2, 0) is 35.2 Å². The topological polar surface area (TPSA) is 207 Å². The lowest BCUT2D eigenvalue weighted by Gasteiger charge is -2.30. The van der Waals surface area contributed by atoms with Crippen molar-refractivity contribution in [1.29, 1.82) is 0 Å². The number of aromatic nitrogens is 1. The van der Waals surface area contributed by atoms with Crippen LogP contribution in [0.2, 0.25) is 0 Å². The average Bonchev–Trinajstić information content (AvgIpc) is 3.35. The first-order chi connectivity index (χ1) is 19.8. The number of H-pyrrole nitrogens is 1. The van der Waals surface area contributed by atoms with Gasteiger partial charge in [0.05, 0.1) is 6.42 Å². The standard InChI is InChI=1S/C29H41N5O8/c1-6-15(3)24(31-17(5)35)28(40)34-25(16(4)7-2)27(39)32-21(26(38)33-22(29(41)42)13-23(36)37)12-18-14-30-20-11-9-8-10-19(18)20/h8-11,14-16,21-22,24-25,30H,6-7,12-13H2,1-5H3,(H,31,35)(H,32,39)(H,33,38)(H,34,40)(H,36,37)(H,41,42)/t15?,16?,21-,22-,24-,25-/m0/s1. The van der Waals surface area contributed by atoms with E-state index in [0.29, 0.717) is 18.4 Å². The van der Waals surface area contributed by atoms with Gasteiger partial charge >= 0.3 is 11.9 Å². The quantitative estimate of drug-likeness (QED) is 0.152. The molecule has 0 aliphatic heterocycles. The number of nitrogens with one attached hydrogen (secondary N) is 5. The van der Waals surface area contributed by atoms with E-state index in [9.17, 15) is 33.9 Å². The minimum atomic E-state index is -1.73. The van der Waals surface area contributed by atoms with E-state index in [1.807, 2.05) is 32.0 Å². The van der Waals surface area contributed by atoms with E-state index in [1.165, 1.54) is 6.92 Å². The van der Waals surface area contributed by atoms with Crippen molar-refractivity contribution in [2.45, 2.75) is 84.5 Å². The molecule has 42 heavy (non-hydrogen) atoms. The third-order valence-electron chi connectivity index (χ3n) is 7.37. The molecule has 13 heteroatoms. The second kappa shape index (κ2) is 15.5. The number of hydrogen-bond acceptors (Lipinski definition) is 6. The van der Waals surface area contributed by atoms with Gasteiger partial charge in [-0.25, -0.2) is 4.79 Å². The SMILES string of the molecule is CCC(C)[C@H](NC(C)=O)C(=O)N[C@H](C(=O)N[C@@H](Cc1c[nH]c2ccccc12)C(=O)N[C@@H](CC(=O)O)C(=O)O)C(C)CC. The summed E-state index contributed by atoms with van der Waals surface area (Å²) in [4.78, 5) is 77.9. The Morgan fingerprint density at radius 1 is 0.786 bits per heavy atom. The van der Waals surface area contributed by atoms with E-state index in [2.05, 4.69) is 26.3 Å². The Morgan fingerprint density at radius 3 is 1.88 bits per heavy atom. The summed E-state index contributed by atoms with van der Waals surface area (Å²) >= 11 is 0. The number of carboxylic acid groups (broad SMARTS) is 2. The summed E-state index contributed by atoms with van der Waals surface area (Å²) in [6, 6.07) is 2.27. The van der Waals surface area contributed by atoms with E-state index in [-0.39, 0.29) is 18.3 Å². The molecular weight excluding hydrogens is 546 g/mol. The number of carbonyl (C=O) groups is 6. The Balaban J connectivity index is 2.39. The molecule has 1 aromatic carbocycles. The van der Waals surface area contributed by atoms with E-state index < -0.39 is 66.2 Å². The van der Waals surface area contributed by atoms with Crippen LogP contribution in [0.1, 0.15) is 59.4 Å². The molecule has 0 radical (unpaired) electrons. The highest BCUT2D eigenvalue weighted by Gasteiger charge is 2.35. The van der Waals surface area contributed by atoms with Gasteiger partial charge in [-0.05, 0) is 23.5 Å². The van der Waals surface area contributed by atoms with Crippen molar-refractivity contribution >= 4 is 46.5 Å². The fourth-order valence-corrected chi connectivity index (χ4v) is 4.50. The van der Waals surface area contributed by atoms with Crippen LogP contribution in [0.4, 0.5) is 0 Å². The Morgan fingerprint density at radius 2 is 1.33 bits per heavy atom. The van der Waals surface area contributed by atoms with Crippen molar-refractivity contribution in [2.75, 3.05) is 0 Å². The van der Waals surface area contributed by atoms with E-state index in [0.717, 1.165) is 10.9 Å². The molecule has 0 saturated carbocycles. The molecule has 1 aromatic heterocycles. The number of aliphatic carboxylic acids is 2. The van der Waals surface area contributed by atoms with Gasteiger partial charge in [0.15, 0.2) is 0 Å². The number of carboxylic acids is 2. The molecule has 0 fully saturated rings. The molecule has 4 amide bonds. The molecule has 230 valence electrons. The first-order valence-electron chi connectivity index (χ1n) is 14.0. The van der Waals surface area contributed by atoms with Gasteiger partial charge < -0.3 is 36.5 Å². The molecule has 6 atom stereocenters. The molecule has 0 aliphatic carbocycles. The molecule has 2 rings (SSSR count). The average molecular weight is 588 g/mol. The van der Waals surface area contributed by atoms with Crippen molar-refractivity contribution < 1.29 is 39.0 Å². The van der Waals surface area contributed by atoms with Gasteiger partial charge in [0, 0.05) is 30.4 Å². The zero-order valence-corrected chi connectivity index (χ0v) is 24.5. The summed E-state index contributed by atoms with van der Waals surface area (Å²) in [5.74, 6) is -6.09. The Hall–Kier alpha value is -4.42. The second-order valence-corrected chi connectivity index (χ2v) is 10.6. The first kappa shape index (κ1) is 33.8. The molecule has 0 aliphatic rings. The number of rotatable bonds is 16. The van der Waals surface area contributed by atoms with Crippen molar-refractivity contribution in [1.82, 2.24) is 26.3 Å². The van der Waals surface area contributed by atoms with Crippen molar-refractivity contribution in [2.24, 2.45) is 11.8 Å². The highest BCUT2D eigenvalue weighted by molar-refractivity contribution is 5.96. The zero-order valence-electron chi connectivity index (χ0n) is 24.5. The lowest BCUT2D eigenvalue weighted by atomic mass is 9.94. The predicted octanol–water partition coefficient (Wildman–Crippen LogP) is 1.32. The van der Waals surface area contributed by atoms with Crippen molar-refractivity contribution in [3.63, 3.8) is 0 Å². The van der Waals surface area contributed by atoms with Crippen LogP contribution < -0.4 is 21.3 Å². The fourth-order valence-electron chi connectivity index (χ4n) is 4.50. The second-order valence-electron chi connectivity index (χ2n) is 10.6. The number of hydrogen-bond donors (Lipinski definition) is 7. The zero-order chi connectivity index (χ0) is 31.6. The van der Waals surface area contributed by atoms with Gasteiger partial charge in [-0.1, -0.05) is 58.7 Å². The maximum Gasteiger partial charge on any atom is 0.326 e. The Bertz CT molecular complexity index is 1290. The van der Waals surface area contributed by atoms with Crippen LogP contribution >= 0.6 is 0 Å². The molecule has 13 nitrogen and oxygen atoms in total. The van der Waals surface area contributed by atoms with Gasteiger partial charge in [0.2, 0.25) is 23.6 Å². The number of carbonyl (C=O) groups excluding carboxylic acids is 4. The summed E-state index contributed by atoms with van der Waals surface area (Å²) in [6.07, 6.45) is 1.84. The van der Waals surface area contributed by atoms with E-state index in [1.54, 1.807) is 26.1 Å². The third-order valence-corrected chi connectivity index (χ3v) is 7.37. The van der Waals surface area contributed by atoms with Crippen LogP contribution in [0.25, 0.3) is 10.9 Å². The van der Waals surface area contributed by atoms with Gasteiger partial charge in [-0.3, -0.25) is 24.0 Å². The van der Waals surface area contributed by atoms with E-state index >= 15 is 0 Å². The molecule has 0 bridgehead atoms. The summed E-state index contributed by atoms with van der Waals surface area (Å²) in [5.41, 5.74) is 1.44. The van der Waals surface area contributed by atoms with Gasteiger partial charge in [-0.2, -0.15) is 0 Å². The molecule has 1 heterocycles. The number of para-hydroxylation sites is 1. The molecule has 7 N–H and O–H groups in total. The fraction of sp³-hybridized carbons (Fsp3) is 0.517. The maximum absolute atomic E-state index is 13.7. The highest BCUT2D eigenvalue weighted by Crippen LogP contribution is 2.20. The lowest BCUT2D eigenvalue weighted by molar-refractivity contribution is -0.147. The summed E-state index contributed by atoms with van der Waals surface area (Å²) in [6.45, 7) is 8.55. The molecule has 2 unspecified atom stereocenters. The lowest BCUT2D eigenvalue weighted by Crippen LogP contribution is -2.60. The smallest absolute Gasteiger partial charge is 0.326 e. The predicted molar refractivity (Wildman–Crippen MR) is 154 cm³/mol. The van der Waals surface area contributed by atoms with Crippen LogP contribution in [0.3, 0.4) is 0 Å². The van der Waals surface area contributed by atoms with Crippen LogP contribution in [-0.4, -0.2) is 74.9 Å². The van der Waals surface area contributed by atoms with Crippen molar-refractivity contribution in [3.05, 3.63) is 36.0 Å². The van der Waals surface area contributed by atoms with Crippen LogP contribution in [0.15, 0.2) is 30.5 Å². The molecule has 0 saturated heterocycles. The molecular formula is C29H41N5O8. The monoisotopic (exact) mass is 587 g/mol. The van der Waals surface area contributed by atoms with Crippen LogP contribution in [0, 0.1) is 11.8 Å². The third kappa shape index (κ3) is 9.32. The number of aromatic amines is 1. The maximum atomic E-state index is 13.7. The number of benzene rings is 1. The molecule has 0 spiro atoms. The Kier molecular flexibility index (Phi) is 12.5. The largest absolute Gasteiger partial charge is 0.481 e.